The van der Waals surface area contributed by atoms with Gasteiger partial charge in [-0.05, 0) is 35.7 Å². The van der Waals surface area contributed by atoms with E-state index >= 15 is 0 Å². The van der Waals surface area contributed by atoms with Gasteiger partial charge >= 0.3 is 0 Å². The number of hydrogen-bond donors (Lipinski definition) is 1. The van der Waals surface area contributed by atoms with Gasteiger partial charge in [-0.15, -0.1) is 11.3 Å². The second-order valence-electron chi connectivity index (χ2n) is 5.03. The van der Waals surface area contributed by atoms with Crippen LogP contribution in [0.2, 0.25) is 0 Å². The number of carbonyl (C=O) groups is 1. The summed E-state index contributed by atoms with van der Waals surface area (Å²) in [5.74, 6) is 0.352. The Morgan fingerprint density at radius 3 is 2.78 bits per heavy atom. The van der Waals surface area contributed by atoms with Crippen LogP contribution in [-0.2, 0) is 4.79 Å². The number of fused-ring (bicyclic) bond motifs is 1. The number of carbonyl (C=O) groups excluding carboxylic acids is 1. The number of thiophene rings is 1. The Bertz CT molecular complexity index is 875. The summed E-state index contributed by atoms with van der Waals surface area (Å²) in [5.41, 5.74) is 2.38. The molecular weight excluding hydrogens is 308 g/mol. The predicted molar refractivity (Wildman–Crippen MR) is 89.8 cm³/mol. The van der Waals surface area contributed by atoms with Crippen molar-refractivity contribution in [3.63, 3.8) is 0 Å². The zero-order valence-electron chi connectivity index (χ0n) is 12.0. The SMILES string of the molecule is O=C1Nc2ncccc2C(c2cccnc2)=NC1c1cccs1. The Kier molecular flexibility index (Phi) is 3.44. The largest absolute Gasteiger partial charge is 0.308 e. The van der Waals surface area contributed by atoms with E-state index in [-0.39, 0.29) is 5.91 Å². The van der Waals surface area contributed by atoms with E-state index < -0.39 is 6.04 Å². The van der Waals surface area contributed by atoms with Gasteiger partial charge in [0.05, 0.1) is 5.71 Å². The maximum absolute atomic E-state index is 12.6. The van der Waals surface area contributed by atoms with Crippen LogP contribution in [0.3, 0.4) is 0 Å². The molecule has 1 unspecified atom stereocenters. The van der Waals surface area contributed by atoms with Crippen LogP contribution in [0.1, 0.15) is 22.0 Å². The van der Waals surface area contributed by atoms with E-state index in [1.54, 1.807) is 18.6 Å². The molecule has 1 aliphatic rings. The lowest BCUT2D eigenvalue weighted by molar-refractivity contribution is -0.117. The van der Waals surface area contributed by atoms with E-state index in [1.807, 2.05) is 41.8 Å². The van der Waals surface area contributed by atoms with Crippen LogP contribution in [0, 0.1) is 0 Å². The van der Waals surface area contributed by atoms with E-state index in [2.05, 4.69) is 15.3 Å². The van der Waals surface area contributed by atoms with Gasteiger partial charge in [-0.1, -0.05) is 6.07 Å². The van der Waals surface area contributed by atoms with Crippen LogP contribution in [-0.4, -0.2) is 21.6 Å². The van der Waals surface area contributed by atoms with Gasteiger partial charge in [0.25, 0.3) is 5.91 Å². The van der Waals surface area contributed by atoms with E-state index in [0.717, 1.165) is 21.7 Å². The lowest BCUT2D eigenvalue weighted by atomic mass is 10.0. The first-order valence-corrected chi connectivity index (χ1v) is 7.99. The molecule has 112 valence electrons. The Labute approximate surface area is 136 Å². The molecule has 0 spiro atoms. The van der Waals surface area contributed by atoms with Gasteiger partial charge in [0.1, 0.15) is 5.82 Å². The molecule has 0 saturated heterocycles. The van der Waals surface area contributed by atoms with Crippen molar-refractivity contribution in [1.82, 2.24) is 9.97 Å². The number of anilines is 1. The predicted octanol–water partition coefficient (Wildman–Crippen LogP) is 3.07. The summed E-state index contributed by atoms with van der Waals surface area (Å²) in [4.78, 5) is 26.7. The minimum Gasteiger partial charge on any atom is -0.308 e. The summed E-state index contributed by atoms with van der Waals surface area (Å²) in [6, 6.07) is 10.8. The number of amides is 1. The van der Waals surface area contributed by atoms with Gasteiger partial charge < -0.3 is 5.32 Å². The average molecular weight is 320 g/mol. The molecule has 4 heterocycles. The third kappa shape index (κ3) is 2.53. The fraction of sp³-hybridized carbons (Fsp3) is 0.0588. The van der Waals surface area contributed by atoms with Crippen molar-refractivity contribution in [2.24, 2.45) is 4.99 Å². The summed E-state index contributed by atoms with van der Waals surface area (Å²) >= 11 is 1.51. The Morgan fingerprint density at radius 2 is 2.00 bits per heavy atom. The van der Waals surface area contributed by atoms with Crippen LogP contribution in [0.4, 0.5) is 5.82 Å². The molecule has 1 atom stereocenters. The summed E-state index contributed by atoms with van der Waals surface area (Å²) in [5, 5.41) is 4.82. The fourth-order valence-corrected chi connectivity index (χ4v) is 3.27. The second kappa shape index (κ2) is 5.73. The number of pyridine rings is 2. The highest BCUT2D eigenvalue weighted by atomic mass is 32.1. The highest BCUT2D eigenvalue weighted by Gasteiger charge is 2.28. The molecule has 1 aliphatic heterocycles. The molecule has 0 fully saturated rings. The lowest BCUT2D eigenvalue weighted by Gasteiger charge is -2.08. The van der Waals surface area contributed by atoms with Crippen molar-refractivity contribution in [2.45, 2.75) is 6.04 Å². The molecule has 0 aromatic carbocycles. The summed E-state index contributed by atoms with van der Waals surface area (Å²) < 4.78 is 0. The Balaban J connectivity index is 1.93. The van der Waals surface area contributed by atoms with Gasteiger partial charge in [0.2, 0.25) is 0 Å². The van der Waals surface area contributed by atoms with Gasteiger partial charge in [-0.25, -0.2) is 4.98 Å². The maximum Gasteiger partial charge on any atom is 0.255 e. The van der Waals surface area contributed by atoms with Crippen LogP contribution in [0.15, 0.2) is 65.4 Å². The van der Waals surface area contributed by atoms with Gasteiger partial charge in [0, 0.05) is 34.6 Å². The Hall–Kier alpha value is -2.86. The fourth-order valence-electron chi connectivity index (χ4n) is 2.51. The first-order valence-electron chi connectivity index (χ1n) is 7.11. The molecule has 3 aromatic heterocycles. The number of nitrogens with one attached hydrogen (secondary N) is 1. The standard InChI is InChI=1S/C17H12N4OS/c22-17-15(13-6-3-9-23-13)20-14(11-4-1-7-18-10-11)12-5-2-8-19-16(12)21-17/h1-10,15H,(H,19,21,22). The summed E-state index contributed by atoms with van der Waals surface area (Å²) in [6.07, 6.45) is 5.12. The number of hydrogen-bond acceptors (Lipinski definition) is 5. The van der Waals surface area contributed by atoms with Crippen molar-refractivity contribution in [3.8, 4) is 0 Å². The zero-order chi connectivity index (χ0) is 15.6. The van der Waals surface area contributed by atoms with Crippen molar-refractivity contribution < 1.29 is 4.79 Å². The van der Waals surface area contributed by atoms with Crippen LogP contribution in [0.25, 0.3) is 0 Å². The average Bonchev–Trinajstić information content (AvgIpc) is 3.07. The van der Waals surface area contributed by atoms with Crippen molar-refractivity contribution in [1.29, 1.82) is 0 Å². The van der Waals surface area contributed by atoms with Gasteiger partial charge in [0.15, 0.2) is 6.04 Å². The highest BCUT2D eigenvalue weighted by molar-refractivity contribution is 7.10. The molecule has 0 bridgehead atoms. The molecule has 0 radical (unpaired) electrons. The van der Waals surface area contributed by atoms with E-state index in [1.165, 1.54) is 11.3 Å². The minimum atomic E-state index is -0.584. The highest BCUT2D eigenvalue weighted by Crippen LogP contribution is 2.30. The summed E-state index contributed by atoms with van der Waals surface area (Å²) in [6.45, 7) is 0. The lowest BCUT2D eigenvalue weighted by Crippen LogP contribution is -2.18. The minimum absolute atomic E-state index is 0.175. The number of aliphatic imine (C=N–C) groups is 1. The quantitative estimate of drug-likeness (QED) is 0.789. The first-order chi connectivity index (χ1) is 11.3. The Morgan fingerprint density at radius 1 is 1.09 bits per heavy atom. The van der Waals surface area contributed by atoms with Crippen LogP contribution in [0.5, 0.6) is 0 Å². The van der Waals surface area contributed by atoms with E-state index in [9.17, 15) is 4.79 Å². The molecule has 23 heavy (non-hydrogen) atoms. The number of nitrogens with zero attached hydrogens (tertiary/aromatic N) is 3. The van der Waals surface area contributed by atoms with Crippen LogP contribution >= 0.6 is 11.3 Å². The molecular formula is C17H12N4OS. The van der Waals surface area contributed by atoms with Crippen molar-refractivity contribution >= 4 is 28.8 Å². The molecule has 5 nitrogen and oxygen atoms in total. The molecule has 1 N–H and O–H groups in total. The smallest absolute Gasteiger partial charge is 0.255 e. The number of rotatable bonds is 2. The molecule has 1 amide bonds. The molecule has 0 saturated carbocycles. The molecule has 0 aliphatic carbocycles. The third-order valence-electron chi connectivity index (χ3n) is 3.56. The topological polar surface area (TPSA) is 67.2 Å². The van der Waals surface area contributed by atoms with Crippen molar-refractivity contribution in [2.75, 3.05) is 5.32 Å². The van der Waals surface area contributed by atoms with Crippen LogP contribution < -0.4 is 5.32 Å². The molecule has 6 heteroatoms. The maximum atomic E-state index is 12.6. The normalized spacial score (nSPS) is 17.0. The summed E-state index contributed by atoms with van der Waals surface area (Å²) in [7, 11) is 0. The monoisotopic (exact) mass is 320 g/mol. The van der Waals surface area contributed by atoms with E-state index in [0.29, 0.717) is 5.82 Å². The van der Waals surface area contributed by atoms with Crippen molar-refractivity contribution in [3.05, 3.63) is 76.4 Å². The third-order valence-corrected chi connectivity index (χ3v) is 4.48. The molecule has 4 rings (SSSR count). The number of aromatic nitrogens is 2. The zero-order valence-corrected chi connectivity index (χ0v) is 12.8. The second-order valence-corrected chi connectivity index (χ2v) is 6.01. The van der Waals surface area contributed by atoms with E-state index in [4.69, 9.17) is 4.99 Å². The van der Waals surface area contributed by atoms with Gasteiger partial charge in [-0.3, -0.25) is 14.8 Å². The molecule has 3 aromatic rings. The van der Waals surface area contributed by atoms with Gasteiger partial charge in [-0.2, -0.15) is 0 Å². The first kappa shape index (κ1) is 13.8.